The molecule has 4 heteroatoms. The van der Waals surface area contributed by atoms with Crippen molar-refractivity contribution in [3.05, 3.63) is 125 Å². The third-order valence-electron chi connectivity index (χ3n) is 10.0. The first-order valence-electron chi connectivity index (χ1n) is 17.2. The minimum Gasteiger partial charge on any atom is -0.512 e. The first-order chi connectivity index (χ1) is 22.8. The molecule has 0 atom stereocenters. The van der Waals surface area contributed by atoms with Crippen molar-refractivity contribution >= 4 is 38.1 Å². The molecule has 0 unspecified atom stereocenters. The van der Waals surface area contributed by atoms with E-state index in [1.165, 1.54) is 77.3 Å². The normalized spacial score (nSPS) is 13.8. The summed E-state index contributed by atoms with van der Waals surface area (Å²) in [6.07, 6.45) is 7.78. The molecule has 5 aromatic carbocycles. The number of hydrogen-bond donors (Lipinski definition) is 1. The molecule has 1 N–H and O–H groups in total. The number of aromatic nitrogens is 1. The average Bonchev–Trinajstić information content (AvgIpc) is 3.06. The monoisotopic (exact) mass is 823 g/mol. The average molecular weight is 823 g/mol. The third-order valence-corrected chi connectivity index (χ3v) is 10.0. The van der Waals surface area contributed by atoms with Crippen molar-refractivity contribution < 1.29 is 30.0 Å². The molecule has 3 nitrogen and oxygen atoms in total. The maximum atomic E-state index is 11.5. The van der Waals surface area contributed by atoms with Crippen molar-refractivity contribution in [1.82, 2.24) is 4.98 Å². The number of fused-ring (bicyclic) bond motifs is 5. The second-order valence-electron chi connectivity index (χ2n) is 15.6. The van der Waals surface area contributed by atoms with Crippen molar-refractivity contribution in [2.24, 2.45) is 10.8 Å². The van der Waals surface area contributed by atoms with Crippen LogP contribution in [0.3, 0.4) is 0 Å². The second-order valence-corrected chi connectivity index (χ2v) is 15.6. The molecule has 1 aromatic heterocycles. The molecule has 0 bridgehead atoms. The number of rotatable bonds is 2. The Bertz CT molecular complexity index is 2250. The smallest absolute Gasteiger partial charge is 0.164 e. The van der Waals surface area contributed by atoms with Crippen LogP contribution in [0.2, 0.25) is 0 Å². The van der Waals surface area contributed by atoms with Crippen LogP contribution in [-0.4, -0.2) is 15.9 Å². The first-order valence-corrected chi connectivity index (χ1v) is 17.2. The Morgan fingerprint density at radius 3 is 2.10 bits per heavy atom. The fourth-order valence-electron chi connectivity index (χ4n) is 7.22. The number of allylic oxidation sites excluding steroid dienone is 2. The molecule has 0 spiro atoms. The molecular formula is C45H44IrNO2-. The predicted molar refractivity (Wildman–Crippen MR) is 201 cm³/mol. The molecule has 0 aliphatic heterocycles. The molecule has 2 aliphatic rings. The van der Waals surface area contributed by atoms with Gasteiger partial charge in [-0.3, -0.25) is 4.79 Å². The molecule has 0 fully saturated rings. The molecule has 1 radical (unpaired) electrons. The van der Waals surface area contributed by atoms with Crippen molar-refractivity contribution in [1.29, 1.82) is 0 Å². The van der Waals surface area contributed by atoms with E-state index in [1.54, 1.807) is 0 Å². The van der Waals surface area contributed by atoms with Gasteiger partial charge in [-0.05, 0) is 87.3 Å². The topological polar surface area (TPSA) is 50.2 Å². The van der Waals surface area contributed by atoms with Gasteiger partial charge in [0.15, 0.2) is 5.78 Å². The van der Waals surface area contributed by atoms with Crippen LogP contribution in [0.25, 0.3) is 54.7 Å². The minimum absolute atomic E-state index is 0. The summed E-state index contributed by atoms with van der Waals surface area (Å²) < 4.78 is 0. The van der Waals surface area contributed by atoms with Gasteiger partial charge in [0.25, 0.3) is 0 Å². The van der Waals surface area contributed by atoms with Gasteiger partial charge in [0.05, 0.1) is 0 Å². The van der Waals surface area contributed by atoms with Crippen molar-refractivity contribution in [3.63, 3.8) is 0 Å². The Morgan fingerprint density at radius 2 is 1.39 bits per heavy atom. The van der Waals surface area contributed by atoms with Crippen LogP contribution in [-0.2, 0) is 50.6 Å². The van der Waals surface area contributed by atoms with Crippen LogP contribution in [0.4, 0.5) is 0 Å². The van der Waals surface area contributed by atoms with Gasteiger partial charge in [0, 0.05) is 43.2 Å². The molecule has 8 rings (SSSR count). The Morgan fingerprint density at radius 1 is 0.735 bits per heavy atom. The van der Waals surface area contributed by atoms with Crippen LogP contribution < -0.4 is 0 Å². The van der Waals surface area contributed by atoms with Gasteiger partial charge in [-0.15, -0.1) is 28.8 Å². The van der Waals surface area contributed by atoms with Gasteiger partial charge in [-0.2, -0.15) is 0 Å². The second kappa shape index (κ2) is 13.0. The van der Waals surface area contributed by atoms with E-state index < -0.39 is 5.41 Å². The number of benzene rings is 5. The van der Waals surface area contributed by atoms with Crippen LogP contribution in [0.15, 0.2) is 90.8 Å². The largest absolute Gasteiger partial charge is 0.512 e. The summed E-state index contributed by atoms with van der Waals surface area (Å²) >= 11 is 0. The van der Waals surface area contributed by atoms with E-state index >= 15 is 0 Å². The Balaban J connectivity index is 0.000000257. The van der Waals surface area contributed by atoms with E-state index in [1.807, 2.05) is 41.5 Å². The number of ketones is 1. The Kier molecular flexibility index (Phi) is 9.20. The molecule has 0 saturated carbocycles. The fraction of sp³-hybridized carbons (Fsp3) is 0.289. The van der Waals surface area contributed by atoms with Crippen LogP contribution in [0.5, 0.6) is 0 Å². The van der Waals surface area contributed by atoms with Crippen LogP contribution in [0.1, 0.15) is 69.4 Å². The van der Waals surface area contributed by atoms with Gasteiger partial charge >= 0.3 is 0 Å². The number of carbonyl (C=O) groups excluding carboxylic acids is 1. The summed E-state index contributed by atoms with van der Waals surface area (Å²) in [5.41, 5.74) is 11.5. The molecule has 0 saturated heterocycles. The van der Waals surface area contributed by atoms with E-state index in [0.29, 0.717) is 0 Å². The molecule has 251 valence electrons. The van der Waals surface area contributed by atoms with Crippen molar-refractivity contribution in [2.45, 2.75) is 74.1 Å². The zero-order valence-corrected chi connectivity index (χ0v) is 31.9. The van der Waals surface area contributed by atoms with Gasteiger partial charge in [-0.25, -0.2) is 0 Å². The quantitative estimate of drug-likeness (QED) is 0.0819. The number of pyridine rings is 1. The number of aliphatic hydroxyl groups is 1. The van der Waals surface area contributed by atoms with Gasteiger partial charge < -0.3 is 10.1 Å². The number of hydrogen-bond acceptors (Lipinski definition) is 3. The van der Waals surface area contributed by atoms with E-state index in [4.69, 9.17) is 4.98 Å². The summed E-state index contributed by atoms with van der Waals surface area (Å²) in [5.74, 6) is 0.104. The molecule has 2 aliphatic carbocycles. The standard InChI is InChI=1S/C34H24N.C11H20O2.Ir/c1-20-19-35-34(30-16-15-28-27-8-3-2-5-21(27)13-14-29(28)31(20)30)26-17-24-11-9-22-6-4-7-23-10-12-25(18-26)33(24)32(22)23;1-10(2,3)8(12)7-9(13)11(4,5)6;/h2-8,13-17,19H,9-12H2,1H3;7,12H,1-6H3;/q-1;;/b;8-7-;. The van der Waals surface area contributed by atoms with Crippen LogP contribution >= 0.6 is 0 Å². The van der Waals surface area contributed by atoms with Crippen LogP contribution in [0, 0.1) is 23.8 Å². The van der Waals surface area contributed by atoms with Gasteiger partial charge in [0.2, 0.25) is 0 Å². The maximum Gasteiger partial charge on any atom is 0.164 e. The number of aliphatic hydroxyl groups excluding tert-OH is 1. The molecule has 1 heterocycles. The van der Waals surface area contributed by atoms with E-state index in [2.05, 4.69) is 92.0 Å². The summed E-state index contributed by atoms with van der Waals surface area (Å²) in [7, 11) is 0. The van der Waals surface area contributed by atoms with Crippen molar-refractivity contribution in [2.75, 3.05) is 0 Å². The van der Waals surface area contributed by atoms with Gasteiger partial charge in [0.1, 0.15) is 5.76 Å². The molecular weight excluding hydrogens is 779 g/mol. The molecule has 49 heavy (non-hydrogen) atoms. The van der Waals surface area contributed by atoms with E-state index in [0.717, 1.165) is 36.9 Å². The first kappa shape index (κ1) is 34.7. The number of carbonyl (C=O) groups is 1. The summed E-state index contributed by atoms with van der Waals surface area (Å²) in [6, 6.07) is 30.9. The SMILES string of the molecule is CC(C)(C)C(=O)/C=C(\O)C(C)(C)C.Cc1cnc(-c2[c-]c3c4c(c2)CCc2cccc(c2-4)CC3)c2ccc3c4ccccc4ccc3c12.[Ir]. The maximum absolute atomic E-state index is 11.5. The van der Waals surface area contributed by atoms with E-state index in [-0.39, 0.29) is 37.1 Å². The minimum atomic E-state index is -0.417. The summed E-state index contributed by atoms with van der Waals surface area (Å²) in [5, 5.41) is 17.3. The molecule has 6 aromatic rings. The predicted octanol–water partition coefficient (Wildman–Crippen LogP) is 11.3. The van der Waals surface area contributed by atoms with E-state index in [9.17, 15) is 9.90 Å². The zero-order valence-electron chi connectivity index (χ0n) is 29.5. The number of nitrogens with zero attached hydrogens (tertiary/aromatic N) is 1. The summed E-state index contributed by atoms with van der Waals surface area (Å²) in [6.45, 7) is 13.3. The molecule has 0 amide bonds. The fourth-order valence-corrected chi connectivity index (χ4v) is 7.22. The number of aryl methyl sites for hydroxylation is 5. The third kappa shape index (κ3) is 6.38. The Hall–Kier alpha value is -4.11. The Labute approximate surface area is 303 Å². The van der Waals surface area contributed by atoms with Crippen molar-refractivity contribution in [3.8, 4) is 22.4 Å². The van der Waals surface area contributed by atoms with Gasteiger partial charge in [-0.1, -0.05) is 119 Å². The zero-order chi connectivity index (χ0) is 34.0. The summed E-state index contributed by atoms with van der Waals surface area (Å²) in [4.78, 5) is 16.5.